The number of primary sulfonamides is 1. The molecule has 0 aromatic heterocycles. The lowest BCUT2D eigenvalue weighted by atomic mass is 10.0. The molecule has 0 bridgehead atoms. The molecule has 0 saturated carbocycles. The highest BCUT2D eigenvalue weighted by Crippen LogP contribution is 2.47. The lowest BCUT2D eigenvalue weighted by molar-refractivity contribution is -0.163. The van der Waals surface area contributed by atoms with E-state index in [1.54, 1.807) is 0 Å². The molecule has 160 valence electrons. The van der Waals surface area contributed by atoms with Gasteiger partial charge in [-0.2, -0.15) is 26.3 Å². The minimum atomic E-state index is -5.82. The zero-order valence-electron chi connectivity index (χ0n) is 13.8. The van der Waals surface area contributed by atoms with E-state index in [0.29, 0.717) is 0 Å². The van der Waals surface area contributed by atoms with E-state index in [9.17, 15) is 43.2 Å². The Morgan fingerprint density at radius 1 is 0.759 bits per heavy atom. The highest BCUT2D eigenvalue weighted by atomic mass is 32.2. The summed E-state index contributed by atoms with van der Waals surface area (Å²) in [5.41, 5.74) is -1.22. The number of sulfonamides is 2. The van der Waals surface area contributed by atoms with Crippen LogP contribution >= 0.6 is 0 Å². The normalized spacial score (nSPS) is 13.3. The Bertz CT molecular complexity index is 1140. The van der Waals surface area contributed by atoms with Crippen molar-refractivity contribution in [2.75, 3.05) is 10.5 Å². The number of nitrogens with one attached hydrogen (secondary N) is 1. The molecule has 29 heavy (non-hydrogen) atoms. The fraction of sp³-hybridized carbons (Fsp3) is 0.143. The van der Waals surface area contributed by atoms with Gasteiger partial charge in [0, 0.05) is 5.69 Å². The van der Waals surface area contributed by atoms with Crippen molar-refractivity contribution in [1.82, 2.24) is 0 Å². The summed E-state index contributed by atoms with van der Waals surface area (Å²) in [5.74, 6) is 0. The monoisotopic (exact) mass is 463 g/mol. The molecule has 0 amide bonds. The number of alkyl halides is 6. The molecule has 0 saturated heterocycles. The predicted octanol–water partition coefficient (Wildman–Crippen LogP) is 2.75. The highest BCUT2D eigenvalue weighted by molar-refractivity contribution is 7.92. The summed E-state index contributed by atoms with van der Waals surface area (Å²) in [5, 5.41) is 4.60. The van der Waals surface area contributed by atoms with Gasteiger partial charge in [0.2, 0.25) is 10.0 Å². The second kappa shape index (κ2) is 7.07. The standard InChI is InChI=1S/C14H11F6N3O4S2/c15-13(16,17)11-9(23-29(26,27)8-3-1-7(21)2-4-8)5-6-10(28(22,24)25)12(11)14(18,19)20/h1-6,23H,21H2,(H2,22,24,25). The Kier molecular flexibility index (Phi) is 5.55. The van der Waals surface area contributed by atoms with Crippen molar-refractivity contribution in [3.63, 3.8) is 0 Å². The molecule has 15 heteroatoms. The molecule has 2 rings (SSSR count). The van der Waals surface area contributed by atoms with E-state index in [2.05, 4.69) is 5.14 Å². The quantitative estimate of drug-likeness (QED) is 0.474. The largest absolute Gasteiger partial charge is 0.419 e. The van der Waals surface area contributed by atoms with E-state index >= 15 is 0 Å². The number of nitrogen functional groups attached to an aromatic ring is 1. The third-order valence-corrected chi connectivity index (χ3v) is 5.81. The van der Waals surface area contributed by atoms with Crippen molar-refractivity contribution in [1.29, 1.82) is 0 Å². The van der Waals surface area contributed by atoms with Gasteiger partial charge in [-0.05, 0) is 36.4 Å². The molecule has 0 unspecified atom stereocenters. The van der Waals surface area contributed by atoms with E-state index in [-0.39, 0.29) is 17.8 Å². The summed E-state index contributed by atoms with van der Waals surface area (Å²) in [7, 11) is -10.0. The van der Waals surface area contributed by atoms with Gasteiger partial charge >= 0.3 is 12.4 Å². The average molecular weight is 463 g/mol. The molecule has 0 heterocycles. The van der Waals surface area contributed by atoms with Crippen molar-refractivity contribution in [3.8, 4) is 0 Å². The highest BCUT2D eigenvalue weighted by Gasteiger charge is 2.48. The fourth-order valence-corrected chi connectivity index (χ4v) is 4.16. The van der Waals surface area contributed by atoms with Crippen LogP contribution in [0.25, 0.3) is 0 Å². The van der Waals surface area contributed by atoms with E-state index in [4.69, 9.17) is 5.73 Å². The topological polar surface area (TPSA) is 132 Å². The summed E-state index contributed by atoms with van der Waals surface area (Å²) >= 11 is 0. The first-order valence-electron chi connectivity index (χ1n) is 7.17. The zero-order chi connectivity index (χ0) is 22.4. The first kappa shape index (κ1) is 22.8. The molecule has 7 nitrogen and oxygen atoms in total. The van der Waals surface area contributed by atoms with Crippen molar-refractivity contribution >= 4 is 31.4 Å². The maximum Gasteiger partial charge on any atom is 0.419 e. The van der Waals surface area contributed by atoms with Crippen molar-refractivity contribution in [3.05, 3.63) is 47.5 Å². The van der Waals surface area contributed by atoms with Gasteiger partial charge in [0.15, 0.2) is 0 Å². The predicted molar refractivity (Wildman–Crippen MR) is 89.5 cm³/mol. The third kappa shape index (κ3) is 4.91. The Morgan fingerprint density at radius 2 is 1.24 bits per heavy atom. The molecule has 2 aromatic rings. The smallest absolute Gasteiger partial charge is 0.399 e. The summed E-state index contributed by atoms with van der Waals surface area (Å²) < 4.78 is 129. The Balaban J connectivity index is 2.81. The van der Waals surface area contributed by atoms with Gasteiger partial charge in [-0.15, -0.1) is 0 Å². The number of rotatable bonds is 4. The summed E-state index contributed by atoms with van der Waals surface area (Å²) in [6.07, 6.45) is -11.6. The number of hydrogen-bond donors (Lipinski definition) is 3. The maximum atomic E-state index is 13.5. The maximum absolute atomic E-state index is 13.5. The van der Waals surface area contributed by atoms with Crippen molar-refractivity contribution < 1.29 is 43.2 Å². The number of nitrogens with two attached hydrogens (primary N) is 2. The summed E-state index contributed by atoms with van der Waals surface area (Å²) in [6.45, 7) is 0. The van der Waals surface area contributed by atoms with E-state index < -0.39 is 59.0 Å². The van der Waals surface area contributed by atoms with Gasteiger partial charge in [-0.1, -0.05) is 0 Å². The van der Waals surface area contributed by atoms with Crippen LogP contribution in [0.1, 0.15) is 11.1 Å². The van der Waals surface area contributed by atoms with Gasteiger partial charge in [0.05, 0.1) is 26.6 Å². The van der Waals surface area contributed by atoms with Crippen LogP contribution in [0.5, 0.6) is 0 Å². The lowest BCUT2D eigenvalue weighted by Crippen LogP contribution is -2.26. The molecule has 0 atom stereocenters. The summed E-state index contributed by atoms with van der Waals surface area (Å²) in [4.78, 5) is -2.45. The van der Waals surface area contributed by atoms with Gasteiger partial charge in [-0.3, -0.25) is 4.72 Å². The first-order chi connectivity index (χ1) is 12.9. The molecule has 0 aliphatic heterocycles. The van der Waals surface area contributed by atoms with Crippen LogP contribution in [0.3, 0.4) is 0 Å². The molecule has 0 aliphatic rings. The summed E-state index contributed by atoms with van der Waals surface area (Å²) in [6, 6.07) is 4.39. The first-order valence-corrected chi connectivity index (χ1v) is 10.2. The van der Waals surface area contributed by atoms with Crippen molar-refractivity contribution in [2.45, 2.75) is 22.1 Å². The van der Waals surface area contributed by atoms with Crippen molar-refractivity contribution in [2.24, 2.45) is 5.14 Å². The molecule has 0 aliphatic carbocycles. The number of benzene rings is 2. The fourth-order valence-electron chi connectivity index (χ4n) is 2.33. The number of halogens is 6. The molecule has 2 aromatic carbocycles. The minimum absolute atomic E-state index is 0.122. The van der Waals surface area contributed by atoms with Crippen LogP contribution in [0.4, 0.5) is 37.7 Å². The van der Waals surface area contributed by atoms with Crippen LogP contribution < -0.4 is 15.6 Å². The second-order valence-corrected chi connectivity index (χ2v) is 8.79. The van der Waals surface area contributed by atoms with E-state index in [1.807, 2.05) is 0 Å². The van der Waals surface area contributed by atoms with Gasteiger partial charge in [-0.25, -0.2) is 22.0 Å². The lowest BCUT2D eigenvalue weighted by Gasteiger charge is -2.22. The van der Waals surface area contributed by atoms with Crippen LogP contribution in [0, 0.1) is 0 Å². The van der Waals surface area contributed by atoms with E-state index in [1.165, 1.54) is 4.72 Å². The van der Waals surface area contributed by atoms with Crippen LogP contribution in [0.2, 0.25) is 0 Å². The van der Waals surface area contributed by atoms with Crippen LogP contribution in [-0.4, -0.2) is 16.8 Å². The molecule has 0 spiro atoms. The Morgan fingerprint density at radius 3 is 1.66 bits per heavy atom. The van der Waals surface area contributed by atoms with Crippen LogP contribution in [0.15, 0.2) is 46.2 Å². The van der Waals surface area contributed by atoms with E-state index in [0.717, 1.165) is 24.3 Å². The Hall–Kier alpha value is -2.52. The number of anilines is 2. The van der Waals surface area contributed by atoms with Gasteiger partial charge < -0.3 is 5.73 Å². The van der Waals surface area contributed by atoms with Crippen LogP contribution in [-0.2, 0) is 32.4 Å². The zero-order valence-corrected chi connectivity index (χ0v) is 15.5. The average Bonchev–Trinajstić information content (AvgIpc) is 2.51. The molecule has 5 N–H and O–H groups in total. The minimum Gasteiger partial charge on any atom is -0.399 e. The SMILES string of the molecule is Nc1ccc(S(=O)(=O)Nc2ccc(S(N)(=O)=O)c(C(F)(F)F)c2C(F)(F)F)cc1. The Labute approximate surface area is 160 Å². The molecule has 0 radical (unpaired) electrons. The molecular weight excluding hydrogens is 452 g/mol. The molecule has 0 fully saturated rings. The van der Waals surface area contributed by atoms with Gasteiger partial charge in [0.25, 0.3) is 10.0 Å². The van der Waals surface area contributed by atoms with Gasteiger partial charge in [0.1, 0.15) is 0 Å². The second-order valence-electron chi connectivity index (χ2n) is 5.58. The number of hydrogen-bond acceptors (Lipinski definition) is 5. The molecular formula is C14H11F6N3O4S2. The third-order valence-electron chi connectivity index (χ3n) is 3.48.